The number of rotatable bonds is 6. The number of aliphatic carboxylic acids is 1. The molecule has 0 saturated carbocycles. The number of carbonyl (C=O) groups is 1. The molecule has 2 heterocycles. The first-order valence-electron chi connectivity index (χ1n) is 7.30. The molecule has 25 heavy (non-hydrogen) atoms. The summed E-state index contributed by atoms with van der Waals surface area (Å²) in [7, 11) is 0. The van der Waals surface area contributed by atoms with Crippen molar-refractivity contribution in [3.05, 3.63) is 63.0 Å². The summed E-state index contributed by atoms with van der Waals surface area (Å²) in [6.07, 6.45) is 1.13. The van der Waals surface area contributed by atoms with Gasteiger partial charge in [0.2, 0.25) is 5.69 Å². The van der Waals surface area contributed by atoms with E-state index in [-0.39, 0.29) is 35.9 Å². The minimum absolute atomic E-state index is 0.0144. The number of carboxylic acid groups (broad SMARTS) is 1. The van der Waals surface area contributed by atoms with Crippen LogP contribution in [0.1, 0.15) is 12.1 Å². The van der Waals surface area contributed by atoms with Gasteiger partial charge in [0.25, 0.3) is 0 Å². The summed E-state index contributed by atoms with van der Waals surface area (Å²) in [5, 5.41) is 20.6. The predicted octanol–water partition coefficient (Wildman–Crippen LogP) is 1.94. The summed E-state index contributed by atoms with van der Waals surface area (Å²) < 4.78 is 12.5. The molecule has 8 nitrogen and oxygen atoms in total. The van der Waals surface area contributed by atoms with Gasteiger partial charge in [-0.1, -0.05) is 11.6 Å². The molecule has 3 rings (SSSR count). The van der Waals surface area contributed by atoms with Crippen LogP contribution in [0, 0.1) is 5.21 Å². The Morgan fingerprint density at radius 3 is 2.92 bits per heavy atom. The third-order valence-electron chi connectivity index (χ3n) is 3.55. The molecule has 0 aliphatic carbocycles. The van der Waals surface area contributed by atoms with Crippen LogP contribution in [0.15, 0.2) is 45.7 Å². The number of pyridine rings is 1. The number of aryl methyl sites for hydroxylation is 1. The van der Waals surface area contributed by atoms with Gasteiger partial charge in [-0.15, -0.1) is 0 Å². The molecule has 0 saturated heterocycles. The number of fused-ring (bicyclic) bond motifs is 1. The molecule has 0 amide bonds. The van der Waals surface area contributed by atoms with Crippen LogP contribution in [-0.2, 0) is 17.9 Å². The van der Waals surface area contributed by atoms with E-state index in [1.54, 1.807) is 18.2 Å². The molecular weight excluding hydrogens is 352 g/mol. The Bertz CT molecular complexity index is 994. The highest BCUT2D eigenvalue weighted by atomic mass is 35.5. The van der Waals surface area contributed by atoms with Gasteiger partial charge in [0.15, 0.2) is 18.4 Å². The second-order valence-electron chi connectivity index (χ2n) is 5.22. The zero-order valence-electron chi connectivity index (χ0n) is 12.8. The lowest BCUT2D eigenvalue weighted by Gasteiger charge is -2.08. The number of aromatic nitrogens is 2. The Balaban J connectivity index is 1.88. The molecule has 1 N–H and O–H groups in total. The van der Waals surface area contributed by atoms with Crippen LogP contribution in [0.2, 0.25) is 5.02 Å². The molecule has 0 bridgehead atoms. The van der Waals surface area contributed by atoms with E-state index in [1.165, 1.54) is 22.9 Å². The lowest BCUT2D eigenvalue weighted by atomic mass is 10.3. The summed E-state index contributed by atoms with van der Waals surface area (Å²) in [5.41, 5.74) is 0.985. The zero-order valence-corrected chi connectivity index (χ0v) is 13.6. The molecule has 0 aliphatic heterocycles. The first-order chi connectivity index (χ1) is 12.0. The third kappa shape index (κ3) is 3.58. The maximum Gasteiger partial charge on any atom is 0.419 e. The van der Waals surface area contributed by atoms with Gasteiger partial charge in [-0.2, -0.15) is 4.73 Å². The average Bonchev–Trinajstić information content (AvgIpc) is 2.86. The fourth-order valence-electron chi connectivity index (χ4n) is 2.32. The summed E-state index contributed by atoms with van der Waals surface area (Å²) in [4.78, 5) is 22.6. The normalized spacial score (nSPS) is 10.9. The Kier molecular flexibility index (Phi) is 4.62. The first kappa shape index (κ1) is 16.8. The van der Waals surface area contributed by atoms with Crippen molar-refractivity contribution in [3.8, 4) is 5.75 Å². The minimum Gasteiger partial charge on any atom is -0.618 e. The summed E-state index contributed by atoms with van der Waals surface area (Å²) in [6, 6.07) is 7.83. The number of nitrogens with zero attached hydrogens (tertiary/aromatic N) is 2. The molecular formula is C16H13ClN2O6. The maximum absolute atomic E-state index is 11.9. The third-order valence-corrected chi connectivity index (χ3v) is 3.85. The van der Waals surface area contributed by atoms with Crippen molar-refractivity contribution in [1.29, 1.82) is 0 Å². The number of ether oxygens (including phenoxy) is 1. The van der Waals surface area contributed by atoms with Crippen molar-refractivity contribution in [3.63, 3.8) is 0 Å². The molecule has 9 heteroatoms. The Morgan fingerprint density at radius 1 is 1.40 bits per heavy atom. The second-order valence-corrected chi connectivity index (χ2v) is 5.63. The Morgan fingerprint density at radius 2 is 2.20 bits per heavy atom. The van der Waals surface area contributed by atoms with Gasteiger partial charge in [0.05, 0.1) is 17.0 Å². The molecule has 1 aromatic carbocycles. The number of oxazole rings is 1. The molecule has 0 atom stereocenters. The molecule has 130 valence electrons. The van der Waals surface area contributed by atoms with Crippen LogP contribution in [0.5, 0.6) is 5.75 Å². The Labute approximate surface area is 146 Å². The molecule has 0 spiro atoms. The van der Waals surface area contributed by atoms with E-state index in [1.807, 2.05) is 0 Å². The van der Waals surface area contributed by atoms with Crippen LogP contribution in [0.4, 0.5) is 0 Å². The summed E-state index contributed by atoms with van der Waals surface area (Å²) in [5.74, 6) is -1.46. The van der Waals surface area contributed by atoms with Gasteiger partial charge in [-0.25, -0.2) is 4.79 Å². The lowest BCUT2D eigenvalue weighted by Crippen LogP contribution is -2.31. The highest BCUT2D eigenvalue weighted by Crippen LogP contribution is 2.30. The van der Waals surface area contributed by atoms with Gasteiger partial charge in [-0.05, 0) is 12.1 Å². The fourth-order valence-corrected chi connectivity index (χ4v) is 2.53. The zero-order chi connectivity index (χ0) is 18.0. The number of hydrogen-bond donors (Lipinski definition) is 1. The largest absolute Gasteiger partial charge is 0.618 e. The smallest absolute Gasteiger partial charge is 0.419 e. The second kappa shape index (κ2) is 6.86. The summed E-state index contributed by atoms with van der Waals surface area (Å²) >= 11 is 6.17. The molecule has 3 aromatic rings. The standard InChI is InChI=1S/C16H13ClN2O6/c17-11-7-12-14(25-16(22)18(12)6-4-15(20)21)8-13(11)24-9-10-3-1-2-5-19(10)23/h1-3,5,7-8H,4,6,9H2,(H,20,21). The number of halogens is 1. The monoisotopic (exact) mass is 364 g/mol. The predicted molar refractivity (Wildman–Crippen MR) is 87.5 cm³/mol. The van der Waals surface area contributed by atoms with E-state index in [4.69, 9.17) is 25.9 Å². The number of carboxylic acids is 1. The van der Waals surface area contributed by atoms with Gasteiger partial charge >= 0.3 is 11.7 Å². The molecule has 2 aromatic heterocycles. The average molecular weight is 365 g/mol. The highest BCUT2D eigenvalue weighted by Gasteiger charge is 2.15. The van der Waals surface area contributed by atoms with Gasteiger partial charge in [-0.3, -0.25) is 9.36 Å². The quantitative estimate of drug-likeness (QED) is 0.529. The summed E-state index contributed by atoms with van der Waals surface area (Å²) in [6.45, 7) is -0.0442. The molecule has 0 radical (unpaired) electrons. The fraction of sp³-hybridized carbons (Fsp3) is 0.188. The first-order valence-corrected chi connectivity index (χ1v) is 7.68. The van der Waals surface area contributed by atoms with E-state index in [0.717, 1.165) is 0 Å². The van der Waals surface area contributed by atoms with E-state index in [0.29, 0.717) is 15.9 Å². The van der Waals surface area contributed by atoms with E-state index >= 15 is 0 Å². The van der Waals surface area contributed by atoms with Gasteiger partial charge in [0.1, 0.15) is 5.75 Å². The topological polar surface area (TPSA) is 109 Å². The molecule has 0 aliphatic rings. The van der Waals surface area contributed by atoms with E-state index in [9.17, 15) is 14.8 Å². The molecule has 0 unspecified atom stereocenters. The van der Waals surface area contributed by atoms with Gasteiger partial charge < -0.3 is 19.5 Å². The van der Waals surface area contributed by atoms with Crippen LogP contribution in [-0.4, -0.2) is 15.6 Å². The van der Waals surface area contributed by atoms with Crippen molar-refractivity contribution in [1.82, 2.24) is 4.57 Å². The van der Waals surface area contributed by atoms with Crippen LogP contribution >= 0.6 is 11.6 Å². The molecule has 0 fully saturated rings. The van der Waals surface area contributed by atoms with Gasteiger partial charge in [0, 0.05) is 24.7 Å². The van der Waals surface area contributed by atoms with Crippen molar-refractivity contribution in [2.75, 3.05) is 0 Å². The van der Waals surface area contributed by atoms with Crippen molar-refractivity contribution >= 4 is 28.7 Å². The Hall–Kier alpha value is -3.00. The number of hydrogen-bond acceptors (Lipinski definition) is 5. The number of benzene rings is 1. The van der Waals surface area contributed by atoms with Crippen LogP contribution in [0.3, 0.4) is 0 Å². The SMILES string of the molecule is O=C(O)CCn1c(=O)oc2cc(OCc3cccc[n+]3[O-])c(Cl)cc21. The lowest BCUT2D eigenvalue weighted by molar-refractivity contribution is -0.616. The van der Waals surface area contributed by atoms with Crippen LogP contribution in [0.25, 0.3) is 11.1 Å². The van der Waals surface area contributed by atoms with Crippen molar-refractivity contribution in [2.45, 2.75) is 19.6 Å². The van der Waals surface area contributed by atoms with Crippen LogP contribution < -0.4 is 15.2 Å². The van der Waals surface area contributed by atoms with Crippen molar-refractivity contribution in [2.24, 2.45) is 0 Å². The minimum atomic E-state index is -1.03. The van der Waals surface area contributed by atoms with E-state index in [2.05, 4.69) is 0 Å². The van der Waals surface area contributed by atoms with Crippen molar-refractivity contribution < 1.29 is 23.8 Å². The highest BCUT2D eigenvalue weighted by molar-refractivity contribution is 6.32. The van der Waals surface area contributed by atoms with E-state index < -0.39 is 11.7 Å². The maximum atomic E-state index is 11.9.